The Morgan fingerprint density at radius 1 is 1.28 bits per heavy atom. The van der Waals surface area contributed by atoms with Gasteiger partial charge in [-0.25, -0.2) is 9.50 Å². The van der Waals surface area contributed by atoms with Crippen LogP contribution in [-0.2, 0) is 4.79 Å². The molecule has 3 aromatic rings. The topological polar surface area (TPSA) is 68.5 Å². The average Bonchev–Trinajstić information content (AvgIpc) is 2.91. The lowest BCUT2D eigenvalue weighted by atomic mass is 10.2. The second kappa shape index (κ2) is 6.90. The van der Waals surface area contributed by atoms with Gasteiger partial charge in [0.15, 0.2) is 11.8 Å². The Morgan fingerprint density at radius 2 is 2.04 bits per heavy atom. The Kier molecular flexibility index (Phi) is 4.83. The molecule has 1 unspecified atom stereocenters. The van der Waals surface area contributed by atoms with Crippen molar-refractivity contribution in [3.63, 3.8) is 0 Å². The molecule has 1 amide bonds. The smallest absolute Gasteiger partial charge is 0.265 e. The van der Waals surface area contributed by atoms with E-state index in [2.05, 4.69) is 15.4 Å². The Hall–Kier alpha value is -2.31. The highest BCUT2D eigenvalue weighted by atomic mass is 35.5. The first-order valence-electron chi connectivity index (χ1n) is 7.59. The van der Waals surface area contributed by atoms with Gasteiger partial charge in [-0.1, -0.05) is 23.2 Å². The van der Waals surface area contributed by atoms with Gasteiger partial charge in [-0.3, -0.25) is 4.79 Å². The van der Waals surface area contributed by atoms with Crippen LogP contribution in [0.2, 0.25) is 10.0 Å². The second-order valence-electron chi connectivity index (χ2n) is 5.66. The Labute approximate surface area is 154 Å². The summed E-state index contributed by atoms with van der Waals surface area (Å²) in [7, 11) is 0. The molecule has 0 bridgehead atoms. The first-order chi connectivity index (χ1) is 11.8. The van der Waals surface area contributed by atoms with Crippen LogP contribution in [0.1, 0.15) is 18.3 Å². The van der Waals surface area contributed by atoms with Gasteiger partial charge in [0.25, 0.3) is 5.91 Å². The number of nitrogens with one attached hydrogen (secondary N) is 1. The summed E-state index contributed by atoms with van der Waals surface area (Å²) in [6.45, 7) is 5.37. The molecule has 0 spiro atoms. The van der Waals surface area contributed by atoms with E-state index in [1.165, 1.54) is 0 Å². The van der Waals surface area contributed by atoms with Crippen molar-refractivity contribution in [1.82, 2.24) is 14.6 Å². The highest BCUT2D eigenvalue weighted by molar-refractivity contribution is 6.35. The van der Waals surface area contributed by atoms with E-state index in [-0.39, 0.29) is 5.91 Å². The quantitative estimate of drug-likeness (QED) is 0.742. The number of fused-ring (bicyclic) bond motifs is 1. The molecule has 0 aliphatic heterocycles. The first-order valence-corrected chi connectivity index (χ1v) is 8.35. The van der Waals surface area contributed by atoms with Crippen LogP contribution in [0.3, 0.4) is 0 Å². The van der Waals surface area contributed by atoms with E-state index in [9.17, 15) is 4.79 Å². The molecule has 0 saturated carbocycles. The highest BCUT2D eigenvalue weighted by Gasteiger charge is 2.17. The zero-order valence-corrected chi connectivity index (χ0v) is 15.4. The van der Waals surface area contributed by atoms with Crippen LogP contribution >= 0.6 is 23.2 Å². The molecule has 2 heterocycles. The molecule has 1 aromatic carbocycles. The van der Waals surface area contributed by atoms with Gasteiger partial charge in [0.1, 0.15) is 11.6 Å². The van der Waals surface area contributed by atoms with Crippen molar-refractivity contribution in [1.29, 1.82) is 0 Å². The Balaban J connectivity index is 1.75. The summed E-state index contributed by atoms with van der Waals surface area (Å²) in [5, 5.41) is 7.93. The fourth-order valence-electron chi connectivity index (χ4n) is 2.38. The fourth-order valence-corrected chi connectivity index (χ4v) is 2.84. The van der Waals surface area contributed by atoms with Gasteiger partial charge >= 0.3 is 0 Å². The van der Waals surface area contributed by atoms with Crippen molar-refractivity contribution < 1.29 is 9.53 Å². The van der Waals surface area contributed by atoms with Crippen LogP contribution in [-0.4, -0.2) is 26.6 Å². The van der Waals surface area contributed by atoms with E-state index >= 15 is 0 Å². The molecule has 0 aliphatic rings. The molecular formula is C17H16Cl2N4O2. The number of halogens is 2. The van der Waals surface area contributed by atoms with Crippen LogP contribution in [0.15, 0.2) is 30.5 Å². The molecule has 0 saturated heterocycles. The lowest BCUT2D eigenvalue weighted by molar-refractivity contribution is -0.122. The maximum absolute atomic E-state index is 12.4. The van der Waals surface area contributed by atoms with Crippen molar-refractivity contribution >= 4 is 40.4 Å². The van der Waals surface area contributed by atoms with Crippen LogP contribution in [0.25, 0.3) is 5.65 Å². The summed E-state index contributed by atoms with van der Waals surface area (Å²) >= 11 is 11.9. The standard InChI is InChI=1S/C17H16Cl2N4O2/c1-9-6-13(8-23-16(9)20-11(3)22-23)21-17(24)10(2)25-15-5-4-12(18)7-14(15)19/h4-8,10H,1-3H3,(H,21,24). The third-order valence-electron chi connectivity index (χ3n) is 3.56. The van der Waals surface area contributed by atoms with E-state index in [4.69, 9.17) is 27.9 Å². The highest BCUT2D eigenvalue weighted by Crippen LogP contribution is 2.28. The lowest BCUT2D eigenvalue weighted by Gasteiger charge is -2.16. The maximum atomic E-state index is 12.4. The number of benzene rings is 1. The van der Waals surface area contributed by atoms with E-state index in [0.717, 1.165) is 11.2 Å². The first kappa shape index (κ1) is 17.5. The number of carbonyl (C=O) groups is 1. The molecule has 6 nitrogen and oxygen atoms in total. The van der Waals surface area contributed by atoms with Crippen molar-refractivity contribution in [2.75, 3.05) is 5.32 Å². The Bertz CT molecular complexity index is 955. The van der Waals surface area contributed by atoms with Crippen molar-refractivity contribution in [2.24, 2.45) is 0 Å². The third kappa shape index (κ3) is 3.86. The normalized spacial score (nSPS) is 12.2. The van der Waals surface area contributed by atoms with Crippen molar-refractivity contribution in [2.45, 2.75) is 26.9 Å². The summed E-state index contributed by atoms with van der Waals surface area (Å²) in [6, 6.07) is 6.68. The zero-order valence-electron chi connectivity index (χ0n) is 13.9. The molecule has 1 N–H and O–H groups in total. The van der Waals surface area contributed by atoms with E-state index in [1.807, 2.05) is 19.9 Å². The van der Waals surface area contributed by atoms with Gasteiger partial charge in [0.05, 0.1) is 16.9 Å². The number of pyridine rings is 1. The molecule has 0 aliphatic carbocycles. The number of anilines is 1. The number of hydrogen-bond acceptors (Lipinski definition) is 4. The molecule has 0 radical (unpaired) electrons. The molecular weight excluding hydrogens is 363 g/mol. The SMILES string of the molecule is Cc1nc2c(C)cc(NC(=O)C(C)Oc3ccc(Cl)cc3Cl)cn2n1. The molecule has 8 heteroatoms. The summed E-state index contributed by atoms with van der Waals surface area (Å²) in [5.41, 5.74) is 2.28. The van der Waals surface area contributed by atoms with Crippen molar-refractivity contribution in [3.8, 4) is 5.75 Å². The Morgan fingerprint density at radius 3 is 2.76 bits per heavy atom. The number of hydrogen-bond donors (Lipinski definition) is 1. The van der Waals surface area contributed by atoms with Crippen molar-refractivity contribution in [3.05, 3.63) is 51.9 Å². The van der Waals surface area contributed by atoms with Gasteiger partial charge in [-0.15, -0.1) is 0 Å². The monoisotopic (exact) mass is 378 g/mol. The number of ether oxygens (including phenoxy) is 1. The largest absolute Gasteiger partial charge is 0.479 e. The van der Waals surface area contributed by atoms with E-state index < -0.39 is 6.10 Å². The predicted molar refractivity (Wildman–Crippen MR) is 97.6 cm³/mol. The maximum Gasteiger partial charge on any atom is 0.265 e. The predicted octanol–water partition coefficient (Wildman–Crippen LogP) is 4.06. The molecule has 2 aromatic heterocycles. The minimum atomic E-state index is -0.743. The molecule has 1 atom stereocenters. The number of aromatic nitrogens is 3. The number of carbonyl (C=O) groups excluding carboxylic acids is 1. The molecule has 130 valence electrons. The van der Waals surface area contributed by atoms with Crippen LogP contribution < -0.4 is 10.1 Å². The van der Waals surface area contributed by atoms with E-state index in [0.29, 0.717) is 27.3 Å². The van der Waals surface area contributed by atoms with Crippen LogP contribution in [0, 0.1) is 13.8 Å². The number of amides is 1. The number of nitrogens with zero attached hydrogens (tertiary/aromatic N) is 3. The minimum absolute atomic E-state index is 0.304. The molecule has 3 rings (SSSR count). The van der Waals surface area contributed by atoms with E-state index in [1.54, 1.807) is 35.8 Å². The van der Waals surface area contributed by atoms with Gasteiger partial charge in [-0.2, -0.15) is 5.10 Å². The zero-order chi connectivity index (χ0) is 18.1. The van der Waals surface area contributed by atoms with Gasteiger partial charge < -0.3 is 10.1 Å². The number of aryl methyl sites for hydroxylation is 2. The summed E-state index contributed by atoms with van der Waals surface area (Å²) < 4.78 is 7.26. The summed E-state index contributed by atoms with van der Waals surface area (Å²) in [5.74, 6) is 0.759. The fraction of sp³-hybridized carbons (Fsp3) is 0.235. The van der Waals surface area contributed by atoms with Gasteiger partial charge in [0.2, 0.25) is 0 Å². The van der Waals surface area contributed by atoms with Crippen LogP contribution in [0.5, 0.6) is 5.75 Å². The van der Waals surface area contributed by atoms with Gasteiger partial charge in [0, 0.05) is 5.02 Å². The minimum Gasteiger partial charge on any atom is -0.479 e. The summed E-state index contributed by atoms with van der Waals surface area (Å²) in [4.78, 5) is 16.7. The second-order valence-corrected chi connectivity index (χ2v) is 6.51. The summed E-state index contributed by atoms with van der Waals surface area (Å²) in [6.07, 6.45) is 0.967. The lowest BCUT2D eigenvalue weighted by Crippen LogP contribution is -2.30. The molecule has 25 heavy (non-hydrogen) atoms. The van der Waals surface area contributed by atoms with Crippen LogP contribution in [0.4, 0.5) is 5.69 Å². The third-order valence-corrected chi connectivity index (χ3v) is 4.09. The molecule has 0 fully saturated rings. The van der Waals surface area contributed by atoms with Gasteiger partial charge in [-0.05, 0) is 50.6 Å². The number of rotatable bonds is 4. The average molecular weight is 379 g/mol.